The molecule has 10 nitrogen and oxygen atoms in total. The Morgan fingerprint density at radius 2 is 1.84 bits per heavy atom. The van der Waals surface area contributed by atoms with Crippen molar-refractivity contribution in [3.05, 3.63) is 62.9 Å². The molecule has 0 aliphatic carbocycles. The molecule has 2 aromatic rings. The summed E-state index contributed by atoms with van der Waals surface area (Å²) in [6, 6.07) is 6.26. The van der Waals surface area contributed by atoms with Crippen LogP contribution in [0.2, 0.25) is 5.02 Å². The molecule has 2 rings (SSSR count). The number of esters is 1. The third kappa shape index (κ3) is 5.78. The van der Waals surface area contributed by atoms with Crippen LogP contribution in [0.3, 0.4) is 0 Å². The van der Waals surface area contributed by atoms with Gasteiger partial charge in [0, 0.05) is 24.8 Å². The highest BCUT2D eigenvalue weighted by Gasteiger charge is 2.26. The molecule has 0 aromatic heterocycles. The summed E-state index contributed by atoms with van der Waals surface area (Å²) in [5.41, 5.74) is -1.05. The molecular weight excluding hydrogens is 469 g/mol. The van der Waals surface area contributed by atoms with Crippen LogP contribution in [0.5, 0.6) is 0 Å². The molecule has 0 bridgehead atoms. The zero-order valence-corrected chi connectivity index (χ0v) is 18.6. The van der Waals surface area contributed by atoms with E-state index < -0.39 is 44.9 Å². The number of hydrogen-bond donors (Lipinski definition) is 1. The zero-order valence-electron chi connectivity index (χ0n) is 17.0. The first-order valence-electron chi connectivity index (χ1n) is 9.21. The lowest BCUT2D eigenvalue weighted by Gasteiger charge is -2.19. The molecule has 0 atom stereocenters. The van der Waals surface area contributed by atoms with Gasteiger partial charge in [-0.2, -0.15) is 8.70 Å². The summed E-state index contributed by atoms with van der Waals surface area (Å²) in [4.78, 5) is 33.8. The Kier molecular flexibility index (Phi) is 8.25. The number of ether oxygens (including phenoxy) is 1. The van der Waals surface area contributed by atoms with Gasteiger partial charge in [0.05, 0.1) is 15.5 Å². The summed E-state index contributed by atoms with van der Waals surface area (Å²) >= 11 is 6.01. The standard InChI is InChI=1S/C19H19ClFN3O7S/c1-3-23(4-2)32(29,30)17-9-12(5-7-14(17)20)19(26)31-11-18(25)22-13-6-8-15(21)16(10-13)24(27)28/h5-10H,3-4,11H2,1-2H3,(H,22,25). The molecule has 1 amide bonds. The topological polar surface area (TPSA) is 136 Å². The molecule has 0 fully saturated rings. The maximum absolute atomic E-state index is 13.4. The molecule has 0 aliphatic rings. The molecule has 0 saturated heterocycles. The van der Waals surface area contributed by atoms with Gasteiger partial charge in [0.15, 0.2) is 6.61 Å². The lowest BCUT2D eigenvalue weighted by Crippen LogP contribution is -2.31. The largest absolute Gasteiger partial charge is 0.452 e. The Balaban J connectivity index is 2.11. The van der Waals surface area contributed by atoms with Crippen LogP contribution in [-0.2, 0) is 19.6 Å². The fourth-order valence-corrected chi connectivity index (χ4v) is 4.63. The van der Waals surface area contributed by atoms with Gasteiger partial charge in [0.1, 0.15) is 4.90 Å². The number of carbonyl (C=O) groups is 2. The van der Waals surface area contributed by atoms with Crippen LogP contribution in [0.1, 0.15) is 24.2 Å². The highest BCUT2D eigenvalue weighted by Crippen LogP contribution is 2.26. The number of anilines is 1. The van der Waals surface area contributed by atoms with Gasteiger partial charge in [0.25, 0.3) is 5.91 Å². The van der Waals surface area contributed by atoms with Crippen molar-refractivity contribution < 1.29 is 32.1 Å². The molecule has 0 heterocycles. The summed E-state index contributed by atoms with van der Waals surface area (Å²) in [6.07, 6.45) is 0. The van der Waals surface area contributed by atoms with Crippen molar-refractivity contribution >= 4 is 44.9 Å². The van der Waals surface area contributed by atoms with Gasteiger partial charge in [-0.05, 0) is 30.3 Å². The number of carbonyl (C=O) groups excluding carboxylic acids is 2. The van der Waals surface area contributed by atoms with Crippen LogP contribution in [-0.4, -0.2) is 49.2 Å². The third-order valence-electron chi connectivity index (χ3n) is 4.25. The first-order valence-corrected chi connectivity index (χ1v) is 11.0. The number of benzene rings is 2. The van der Waals surface area contributed by atoms with E-state index in [2.05, 4.69) is 5.32 Å². The number of rotatable bonds is 9. The normalized spacial score (nSPS) is 11.3. The van der Waals surface area contributed by atoms with Crippen LogP contribution in [0.15, 0.2) is 41.3 Å². The number of nitrogens with one attached hydrogen (secondary N) is 1. The van der Waals surface area contributed by atoms with E-state index in [9.17, 15) is 32.5 Å². The Hall–Kier alpha value is -3.09. The SMILES string of the molecule is CCN(CC)S(=O)(=O)c1cc(C(=O)OCC(=O)Nc2ccc(F)c([N+](=O)[O-])c2)ccc1Cl. The van der Waals surface area contributed by atoms with E-state index >= 15 is 0 Å². The van der Waals surface area contributed by atoms with E-state index in [0.717, 1.165) is 24.3 Å². The van der Waals surface area contributed by atoms with E-state index in [1.807, 2.05) is 0 Å². The molecule has 2 aromatic carbocycles. The van der Waals surface area contributed by atoms with Gasteiger partial charge in [-0.3, -0.25) is 14.9 Å². The van der Waals surface area contributed by atoms with Gasteiger partial charge in [-0.1, -0.05) is 25.4 Å². The maximum Gasteiger partial charge on any atom is 0.338 e. The van der Waals surface area contributed by atoms with Gasteiger partial charge in [0.2, 0.25) is 15.8 Å². The van der Waals surface area contributed by atoms with Crippen molar-refractivity contribution in [1.29, 1.82) is 0 Å². The average molecular weight is 488 g/mol. The predicted octanol–water partition coefficient (Wildman–Crippen LogP) is 3.21. The molecule has 32 heavy (non-hydrogen) atoms. The van der Waals surface area contributed by atoms with Crippen LogP contribution in [0.25, 0.3) is 0 Å². The second-order valence-electron chi connectivity index (χ2n) is 6.28. The first-order chi connectivity index (χ1) is 15.0. The predicted molar refractivity (Wildman–Crippen MR) is 114 cm³/mol. The van der Waals surface area contributed by atoms with Crippen LogP contribution in [0.4, 0.5) is 15.8 Å². The zero-order chi connectivity index (χ0) is 24.1. The summed E-state index contributed by atoms with van der Waals surface area (Å²) in [5.74, 6) is -2.90. The van der Waals surface area contributed by atoms with E-state index in [4.69, 9.17) is 16.3 Å². The van der Waals surface area contributed by atoms with Crippen LogP contribution >= 0.6 is 11.6 Å². The number of nitrogens with zero attached hydrogens (tertiary/aromatic N) is 2. The number of nitro benzene ring substituents is 1. The van der Waals surface area contributed by atoms with Crippen molar-refractivity contribution in [1.82, 2.24) is 4.31 Å². The van der Waals surface area contributed by atoms with E-state index in [0.29, 0.717) is 0 Å². The van der Waals surface area contributed by atoms with E-state index in [1.165, 1.54) is 16.4 Å². The fraction of sp³-hybridized carbons (Fsp3) is 0.263. The second-order valence-corrected chi connectivity index (χ2v) is 8.60. The third-order valence-corrected chi connectivity index (χ3v) is 6.78. The maximum atomic E-state index is 13.4. The number of nitro groups is 1. The molecule has 0 aliphatic heterocycles. The van der Waals surface area contributed by atoms with Crippen molar-refractivity contribution in [2.75, 3.05) is 25.0 Å². The minimum Gasteiger partial charge on any atom is -0.452 e. The van der Waals surface area contributed by atoms with Gasteiger partial charge < -0.3 is 10.1 Å². The molecule has 1 N–H and O–H groups in total. The van der Waals surface area contributed by atoms with Gasteiger partial charge >= 0.3 is 11.7 Å². The Morgan fingerprint density at radius 3 is 2.44 bits per heavy atom. The molecule has 0 unspecified atom stereocenters. The highest BCUT2D eigenvalue weighted by atomic mass is 35.5. The Bertz CT molecular complexity index is 1150. The van der Waals surface area contributed by atoms with Gasteiger partial charge in [-0.15, -0.1) is 0 Å². The molecule has 0 saturated carbocycles. The lowest BCUT2D eigenvalue weighted by molar-refractivity contribution is -0.387. The molecule has 0 radical (unpaired) electrons. The number of hydrogen-bond acceptors (Lipinski definition) is 7. The summed E-state index contributed by atoms with van der Waals surface area (Å²) < 4.78 is 44.8. The number of sulfonamides is 1. The monoisotopic (exact) mass is 487 g/mol. The molecular formula is C19H19ClFN3O7S. The fourth-order valence-electron chi connectivity index (χ4n) is 2.67. The van der Waals surface area contributed by atoms with E-state index in [-0.39, 0.29) is 34.3 Å². The molecule has 0 spiro atoms. The quantitative estimate of drug-likeness (QED) is 0.326. The van der Waals surface area contributed by atoms with Crippen molar-refractivity contribution in [3.63, 3.8) is 0 Å². The highest BCUT2D eigenvalue weighted by molar-refractivity contribution is 7.89. The van der Waals surface area contributed by atoms with E-state index in [1.54, 1.807) is 13.8 Å². The Labute approximate surface area is 188 Å². The smallest absolute Gasteiger partial charge is 0.338 e. The summed E-state index contributed by atoms with van der Waals surface area (Å²) in [5, 5.41) is 12.9. The minimum atomic E-state index is -3.95. The first kappa shape index (κ1) is 25.2. The van der Waals surface area contributed by atoms with Gasteiger partial charge in [-0.25, -0.2) is 13.2 Å². The molecule has 172 valence electrons. The summed E-state index contributed by atoms with van der Waals surface area (Å²) in [7, 11) is -3.95. The number of halogens is 2. The van der Waals surface area contributed by atoms with Crippen molar-refractivity contribution in [2.24, 2.45) is 0 Å². The number of amides is 1. The second kappa shape index (κ2) is 10.5. The Morgan fingerprint density at radius 1 is 1.19 bits per heavy atom. The lowest BCUT2D eigenvalue weighted by atomic mass is 10.2. The molecule has 13 heteroatoms. The van der Waals surface area contributed by atoms with Crippen molar-refractivity contribution in [3.8, 4) is 0 Å². The van der Waals surface area contributed by atoms with Crippen molar-refractivity contribution in [2.45, 2.75) is 18.7 Å². The van der Waals surface area contributed by atoms with Crippen LogP contribution in [0, 0.1) is 15.9 Å². The average Bonchev–Trinajstić information content (AvgIpc) is 2.74. The van der Waals surface area contributed by atoms with Crippen LogP contribution < -0.4 is 5.32 Å². The minimum absolute atomic E-state index is 0.0711. The summed E-state index contributed by atoms with van der Waals surface area (Å²) in [6.45, 7) is 2.94.